The molecule has 1 aliphatic heterocycles. The van der Waals surface area contributed by atoms with E-state index in [1.54, 1.807) is 21.6 Å². The van der Waals surface area contributed by atoms with E-state index < -0.39 is 0 Å². The van der Waals surface area contributed by atoms with E-state index in [9.17, 15) is 0 Å². The third kappa shape index (κ3) is 8.66. The molecule has 1 N–H and O–H groups in total. The monoisotopic (exact) mass is 179 g/mol. The van der Waals surface area contributed by atoms with E-state index in [0.29, 0.717) is 0 Å². The van der Waals surface area contributed by atoms with Crippen LogP contribution in [0.15, 0.2) is 0 Å². The van der Waals surface area contributed by atoms with Gasteiger partial charge in [-0.1, -0.05) is 28.0 Å². The largest absolute Gasteiger partial charge is 0.317 e. The van der Waals surface area contributed by atoms with Gasteiger partial charge >= 0.3 is 0 Å². The Bertz CT molecular complexity index is 42.1. The quantitative estimate of drug-likeness (QED) is 0.621. The normalized spacial score (nSPS) is 17.4. The van der Waals surface area contributed by atoms with Crippen LogP contribution in [0.25, 0.3) is 0 Å². The van der Waals surface area contributed by atoms with Crippen LogP contribution in [0.2, 0.25) is 0 Å². The molecular weight excluding hydrogens is 162 g/mol. The minimum absolute atomic E-state index is 1.25. The molecule has 0 atom stereocenters. The van der Waals surface area contributed by atoms with Crippen LogP contribution in [0.4, 0.5) is 0 Å². The Morgan fingerprint density at radius 1 is 0.900 bits per heavy atom. The fourth-order valence-electron chi connectivity index (χ4n) is 0.802. The van der Waals surface area contributed by atoms with Crippen molar-refractivity contribution in [2.24, 2.45) is 0 Å². The summed E-state index contributed by atoms with van der Waals surface area (Å²) in [5.41, 5.74) is 0. The summed E-state index contributed by atoms with van der Waals surface area (Å²) in [5.74, 6) is 0. The molecule has 3 heteroatoms. The topological polar surface area (TPSA) is 12.0 Å². The number of hydrogen-bond acceptors (Lipinski definition) is 3. The van der Waals surface area contributed by atoms with Gasteiger partial charge in [-0.05, 0) is 38.4 Å². The van der Waals surface area contributed by atoms with Gasteiger partial charge in [-0.15, -0.1) is 0 Å². The van der Waals surface area contributed by atoms with Crippen molar-refractivity contribution in [1.82, 2.24) is 5.32 Å². The molecule has 0 aliphatic carbocycles. The van der Waals surface area contributed by atoms with E-state index >= 15 is 0 Å². The van der Waals surface area contributed by atoms with Gasteiger partial charge in [0, 0.05) is 0 Å². The number of hydrogen-bond donors (Lipinski definition) is 1. The third-order valence-corrected chi connectivity index (χ3v) is 2.71. The first-order valence-electron chi connectivity index (χ1n) is 3.69. The first-order valence-corrected chi connectivity index (χ1v) is 6.66. The summed E-state index contributed by atoms with van der Waals surface area (Å²) in [5, 5.41) is 3.28. The molecule has 62 valence electrons. The van der Waals surface area contributed by atoms with Gasteiger partial charge in [0.25, 0.3) is 0 Å². The van der Waals surface area contributed by atoms with Crippen molar-refractivity contribution in [3.8, 4) is 0 Å². The lowest BCUT2D eigenvalue weighted by atomic mass is 10.2. The molecule has 0 aromatic heterocycles. The molecule has 1 nitrogen and oxygen atoms in total. The van der Waals surface area contributed by atoms with Crippen LogP contribution < -0.4 is 5.32 Å². The maximum Gasteiger partial charge on any atom is -0.00489 e. The molecular formula is C7H17NS2. The van der Waals surface area contributed by atoms with Crippen molar-refractivity contribution in [2.75, 3.05) is 25.6 Å². The second-order valence-electron chi connectivity index (χ2n) is 2.14. The SMILES string of the molecule is C1CCNCC1.CSSC. The predicted octanol–water partition coefficient (Wildman–Crippen LogP) is 2.39. The van der Waals surface area contributed by atoms with E-state index in [-0.39, 0.29) is 0 Å². The molecule has 1 aliphatic rings. The molecule has 1 saturated heterocycles. The predicted molar refractivity (Wildman–Crippen MR) is 53.8 cm³/mol. The van der Waals surface area contributed by atoms with Crippen molar-refractivity contribution in [1.29, 1.82) is 0 Å². The van der Waals surface area contributed by atoms with Gasteiger partial charge in [-0.2, -0.15) is 0 Å². The van der Waals surface area contributed by atoms with E-state index in [0.717, 1.165) is 0 Å². The molecule has 0 unspecified atom stereocenters. The second-order valence-corrected chi connectivity index (χ2v) is 4.81. The Morgan fingerprint density at radius 3 is 1.50 bits per heavy atom. The highest BCUT2D eigenvalue weighted by Gasteiger charge is 1.93. The van der Waals surface area contributed by atoms with Crippen LogP contribution >= 0.6 is 21.6 Å². The van der Waals surface area contributed by atoms with E-state index in [2.05, 4.69) is 17.8 Å². The summed E-state index contributed by atoms with van der Waals surface area (Å²) in [4.78, 5) is 0. The summed E-state index contributed by atoms with van der Waals surface area (Å²) in [6.45, 7) is 2.50. The van der Waals surface area contributed by atoms with Crippen LogP contribution in [0.1, 0.15) is 19.3 Å². The van der Waals surface area contributed by atoms with Crippen molar-refractivity contribution < 1.29 is 0 Å². The van der Waals surface area contributed by atoms with Crippen molar-refractivity contribution in [3.63, 3.8) is 0 Å². The standard InChI is InChI=1S/C5H11N.C2H6S2/c1-2-4-6-5-3-1;1-3-4-2/h6H,1-5H2;1-2H3. The molecule has 1 fully saturated rings. The summed E-state index contributed by atoms with van der Waals surface area (Å²) in [7, 11) is 3.55. The summed E-state index contributed by atoms with van der Waals surface area (Å²) < 4.78 is 0. The first kappa shape index (κ1) is 10.7. The summed E-state index contributed by atoms with van der Waals surface area (Å²) in [6, 6.07) is 0. The van der Waals surface area contributed by atoms with Crippen LogP contribution in [-0.4, -0.2) is 25.6 Å². The smallest absolute Gasteiger partial charge is 0.00489 e. The maximum atomic E-state index is 3.28. The molecule has 0 spiro atoms. The Labute approximate surface area is 72.1 Å². The summed E-state index contributed by atoms with van der Waals surface area (Å²) in [6.07, 6.45) is 8.34. The maximum absolute atomic E-state index is 3.28. The van der Waals surface area contributed by atoms with Gasteiger partial charge in [-0.3, -0.25) is 0 Å². The van der Waals surface area contributed by atoms with E-state index in [4.69, 9.17) is 0 Å². The highest BCUT2D eigenvalue weighted by atomic mass is 33.1. The average molecular weight is 179 g/mol. The minimum Gasteiger partial charge on any atom is -0.317 e. The highest BCUT2D eigenvalue weighted by molar-refractivity contribution is 8.76. The molecule has 1 rings (SSSR count). The number of nitrogens with one attached hydrogen (secondary N) is 1. The van der Waals surface area contributed by atoms with E-state index in [1.807, 2.05) is 0 Å². The summed E-state index contributed by atoms with van der Waals surface area (Å²) >= 11 is 0. The number of rotatable bonds is 1. The van der Waals surface area contributed by atoms with Crippen LogP contribution in [-0.2, 0) is 0 Å². The zero-order valence-corrected chi connectivity index (χ0v) is 8.49. The lowest BCUT2D eigenvalue weighted by Gasteiger charge is -2.08. The lowest BCUT2D eigenvalue weighted by molar-refractivity contribution is 0.520. The Morgan fingerprint density at radius 2 is 1.40 bits per heavy atom. The highest BCUT2D eigenvalue weighted by Crippen LogP contribution is 2.09. The fourth-order valence-corrected chi connectivity index (χ4v) is 0.802. The molecule has 1 heterocycles. The zero-order chi connectivity index (χ0) is 7.66. The Balaban J connectivity index is 0.000000180. The van der Waals surface area contributed by atoms with Gasteiger partial charge in [-0.25, -0.2) is 0 Å². The van der Waals surface area contributed by atoms with Crippen LogP contribution in [0.3, 0.4) is 0 Å². The van der Waals surface area contributed by atoms with Gasteiger partial charge in [0.15, 0.2) is 0 Å². The van der Waals surface area contributed by atoms with E-state index in [1.165, 1.54) is 32.4 Å². The van der Waals surface area contributed by atoms with Crippen LogP contribution in [0.5, 0.6) is 0 Å². The van der Waals surface area contributed by atoms with Crippen molar-refractivity contribution in [2.45, 2.75) is 19.3 Å². The van der Waals surface area contributed by atoms with Gasteiger partial charge < -0.3 is 5.32 Å². The lowest BCUT2D eigenvalue weighted by Crippen LogP contribution is -2.21. The van der Waals surface area contributed by atoms with Gasteiger partial charge in [0.1, 0.15) is 0 Å². The Hall–Kier alpha value is 0.660. The molecule has 0 saturated carbocycles. The first-order chi connectivity index (χ1) is 4.91. The van der Waals surface area contributed by atoms with Crippen molar-refractivity contribution in [3.05, 3.63) is 0 Å². The van der Waals surface area contributed by atoms with Crippen molar-refractivity contribution >= 4 is 21.6 Å². The molecule has 0 radical (unpaired) electrons. The molecule has 0 amide bonds. The fraction of sp³-hybridized carbons (Fsp3) is 1.00. The molecule has 10 heavy (non-hydrogen) atoms. The number of piperidine rings is 1. The zero-order valence-electron chi connectivity index (χ0n) is 6.85. The van der Waals surface area contributed by atoms with Crippen LogP contribution in [0, 0.1) is 0 Å². The van der Waals surface area contributed by atoms with Gasteiger partial charge in [0.2, 0.25) is 0 Å². The Kier molecular flexibility index (Phi) is 10.3. The second kappa shape index (κ2) is 9.66. The third-order valence-electron chi connectivity index (χ3n) is 1.37. The van der Waals surface area contributed by atoms with Gasteiger partial charge in [0.05, 0.1) is 0 Å². The average Bonchev–Trinajstić information content (AvgIpc) is 2.08. The minimum atomic E-state index is 1.25. The molecule has 0 aromatic carbocycles. The molecule has 0 aromatic rings. The molecule has 0 bridgehead atoms.